The van der Waals surface area contributed by atoms with Gasteiger partial charge in [0, 0.05) is 21.0 Å². The Morgan fingerprint density at radius 1 is 1.03 bits per heavy atom. The van der Waals surface area contributed by atoms with Crippen LogP contribution < -0.4 is 9.64 Å². The molecule has 5 nitrogen and oxygen atoms in total. The minimum absolute atomic E-state index is 0.172. The summed E-state index contributed by atoms with van der Waals surface area (Å²) in [4.78, 5) is 27.6. The van der Waals surface area contributed by atoms with Crippen LogP contribution in [0, 0.1) is 0 Å². The van der Waals surface area contributed by atoms with Crippen LogP contribution in [0.3, 0.4) is 0 Å². The van der Waals surface area contributed by atoms with Crippen LogP contribution in [0.25, 0.3) is 0 Å². The first-order valence-electron chi connectivity index (χ1n) is 10.4. The van der Waals surface area contributed by atoms with Gasteiger partial charge in [-0.15, -0.1) is 0 Å². The number of amides is 1. The number of carbonyl (C=O) groups excluding carboxylic acids is 2. The predicted octanol–water partition coefficient (Wildman–Crippen LogP) is 5.96. The topological polar surface area (TPSA) is 55.8 Å². The van der Waals surface area contributed by atoms with E-state index in [0.29, 0.717) is 17.0 Å². The van der Waals surface area contributed by atoms with Crippen LogP contribution in [0.5, 0.6) is 5.75 Å². The van der Waals surface area contributed by atoms with Crippen molar-refractivity contribution in [2.45, 2.75) is 29.4 Å². The van der Waals surface area contributed by atoms with E-state index in [9.17, 15) is 22.8 Å². The summed E-state index contributed by atoms with van der Waals surface area (Å²) in [6.45, 7) is 2.11. The molecule has 0 spiro atoms. The van der Waals surface area contributed by atoms with Gasteiger partial charge in [-0.3, -0.25) is 4.79 Å². The molecule has 0 N–H and O–H groups in total. The summed E-state index contributed by atoms with van der Waals surface area (Å²) in [6.07, 6.45) is -4.43. The molecule has 0 aromatic heterocycles. The van der Waals surface area contributed by atoms with E-state index >= 15 is 0 Å². The van der Waals surface area contributed by atoms with Crippen LogP contribution in [-0.2, 0) is 22.3 Å². The lowest BCUT2D eigenvalue weighted by Crippen LogP contribution is -2.23. The number of esters is 1. The molecule has 0 saturated heterocycles. The molecule has 0 saturated carbocycles. The van der Waals surface area contributed by atoms with Gasteiger partial charge in [-0.1, -0.05) is 17.8 Å². The lowest BCUT2D eigenvalue weighted by atomic mass is 10.1. The molecule has 1 heterocycles. The average Bonchev–Trinajstić information content (AvgIpc) is 3.16. The van der Waals surface area contributed by atoms with Crippen molar-refractivity contribution in [1.29, 1.82) is 0 Å². The number of anilines is 1. The van der Waals surface area contributed by atoms with Gasteiger partial charge >= 0.3 is 12.1 Å². The fourth-order valence-corrected chi connectivity index (χ4v) is 4.49. The summed E-state index contributed by atoms with van der Waals surface area (Å²) >= 11 is 1.46. The van der Waals surface area contributed by atoms with Gasteiger partial charge in [-0.2, -0.15) is 13.2 Å². The van der Waals surface area contributed by atoms with E-state index in [2.05, 4.69) is 0 Å². The van der Waals surface area contributed by atoms with Gasteiger partial charge in [0.1, 0.15) is 5.75 Å². The third kappa shape index (κ3) is 5.20. The van der Waals surface area contributed by atoms with Crippen molar-refractivity contribution in [3.05, 3.63) is 83.4 Å². The van der Waals surface area contributed by atoms with Gasteiger partial charge in [0.05, 0.1) is 18.7 Å². The summed E-state index contributed by atoms with van der Waals surface area (Å²) < 4.78 is 48.8. The Labute approximate surface area is 198 Å². The number of hydrogen-bond donors (Lipinski definition) is 0. The molecular formula is C25H20F3NO4S. The molecule has 1 aliphatic rings. The number of ether oxygens (including phenoxy) is 2. The Bertz CT molecular complexity index is 1190. The smallest absolute Gasteiger partial charge is 0.416 e. The summed E-state index contributed by atoms with van der Waals surface area (Å²) in [7, 11) is 0. The predicted molar refractivity (Wildman–Crippen MR) is 121 cm³/mol. The van der Waals surface area contributed by atoms with Crippen LogP contribution in [-0.4, -0.2) is 25.1 Å². The lowest BCUT2D eigenvalue weighted by molar-refractivity contribution is -0.145. The zero-order valence-corrected chi connectivity index (χ0v) is 18.9. The maximum atomic E-state index is 12.9. The van der Waals surface area contributed by atoms with Gasteiger partial charge in [-0.25, -0.2) is 4.79 Å². The van der Waals surface area contributed by atoms with Crippen LogP contribution >= 0.6 is 11.8 Å². The van der Waals surface area contributed by atoms with E-state index in [0.717, 1.165) is 27.5 Å². The Morgan fingerprint density at radius 3 is 2.38 bits per heavy atom. The number of rotatable bonds is 7. The first-order valence-corrected chi connectivity index (χ1v) is 11.2. The first kappa shape index (κ1) is 23.7. The molecule has 1 amide bonds. The van der Waals surface area contributed by atoms with Crippen molar-refractivity contribution >= 4 is 29.3 Å². The molecule has 9 heteroatoms. The van der Waals surface area contributed by atoms with Crippen molar-refractivity contribution in [3.63, 3.8) is 0 Å². The molecule has 0 atom stereocenters. The standard InChI is InChI=1S/C25H20F3NO4S/c1-2-32-23(30)15-33-18-10-12-19(13-11-18)34-22-5-3-4-20-21(22)14-29(24(20)31)17-8-6-16(7-9-17)25(26,27)28/h3-13H,2,14-15H2,1H3. The van der Waals surface area contributed by atoms with Crippen molar-refractivity contribution in [3.8, 4) is 5.75 Å². The second kappa shape index (κ2) is 9.80. The van der Waals surface area contributed by atoms with Crippen molar-refractivity contribution in [2.75, 3.05) is 18.1 Å². The molecule has 0 aliphatic carbocycles. The number of nitrogens with zero attached hydrogens (tertiary/aromatic N) is 1. The van der Waals surface area contributed by atoms with Gasteiger partial charge in [-0.05, 0) is 73.2 Å². The Balaban J connectivity index is 1.47. The number of carbonyl (C=O) groups is 2. The molecular weight excluding hydrogens is 467 g/mol. The third-order valence-electron chi connectivity index (χ3n) is 5.14. The number of alkyl halides is 3. The fraction of sp³-hybridized carbons (Fsp3) is 0.200. The van der Waals surface area contributed by atoms with Crippen molar-refractivity contribution < 1.29 is 32.2 Å². The molecule has 0 unspecified atom stereocenters. The highest BCUT2D eigenvalue weighted by Gasteiger charge is 2.33. The van der Waals surface area contributed by atoms with Gasteiger partial charge in [0.15, 0.2) is 6.61 Å². The highest BCUT2D eigenvalue weighted by atomic mass is 32.2. The van der Waals surface area contributed by atoms with Gasteiger partial charge < -0.3 is 14.4 Å². The minimum Gasteiger partial charge on any atom is -0.482 e. The van der Waals surface area contributed by atoms with Crippen LogP contribution in [0.2, 0.25) is 0 Å². The second-order valence-electron chi connectivity index (χ2n) is 7.39. The first-order chi connectivity index (χ1) is 16.3. The number of benzene rings is 3. The Hall–Kier alpha value is -3.46. The second-order valence-corrected chi connectivity index (χ2v) is 8.50. The Kier molecular flexibility index (Phi) is 6.83. The van der Waals surface area contributed by atoms with Gasteiger partial charge in [0.2, 0.25) is 0 Å². The van der Waals surface area contributed by atoms with E-state index in [1.165, 1.54) is 28.8 Å². The summed E-state index contributed by atoms with van der Waals surface area (Å²) in [5.74, 6) is -0.165. The summed E-state index contributed by atoms with van der Waals surface area (Å²) in [6, 6.07) is 17.2. The number of hydrogen-bond acceptors (Lipinski definition) is 5. The SMILES string of the molecule is CCOC(=O)COc1ccc(Sc2cccc3c2CN(c2ccc(C(F)(F)F)cc2)C3=O)cc1. The van der Waals surface area contributed by atoms with E-state index in [1.54, 1.807) is 31.2 Å². The maximum absolute atomic E-state index is 12.9. The van der Waals surface area contributed by atoms with Crippen molar-refractivity contribution in [1.82, 2.24) is 0 Å². The monoisotopic (exact) mass is 487 g/mol. The maximum Gasteiger partial charge on any atom is 0.416 e. The van der Waals surface area contributed by atoms with E-state index in [-0.39, 0.29) is 25.7 Å². The summed E-state index contributed by atoms with van der Waals surface area (Å²) in [5, 5.41) is 0. The normalized spacial score (nSPS) is 13.1. The third-order valence-corrected chi connectivity index (χ3v) is 6.25. The molecule has 34 heavy (non-hydrogen) atoms. The summed E-state index contributed by atoms with van der Waals surface area (Å²) in [5.41, 5.74) is 0.999. The van der Waals surface area contributed by atoms with Crippen molar-refractivity contribution in [2.24, 2.45) is 0 Å². The fourth-order valence-electron chi connectivity index (χ4n) is 3.51. The van der Waals surface area contributed by atoms with Crippen LogP contribution in [0.4, 0.5) is 18.9 Å². The molecule has 1 aliphatic heterocycles. The molecule has 0 radical (unpaired) electrons. The van der Waals surface area contributed by atoms with Gasteiger partial charge in [0.25, 0.3) is 5.91 Å². The minimum atomic E-state index is -4.43. The molecule has 3 aromatic rings. The molecule has 4 rings (SSSR count). The quantitative estimate of drug-likeness (QED) is 0.385. The largest absolute Gasteiger partial charge is 0.482 e. The van der Waals surface area contributed by atoms with E-state index in [4.69, 9.17) is 9.47 Å². The lowest BCUT2D eigenvalue weighted by Gasteiger charge is -2.17. The highest BCUT2D eigenvalue weighted by molar-refractivity contribution is 7.99. The van der Waals surface area contributed by atoms with E-state index < -0.39 is 17.7 Å². The molecule has 0 fully saturated rings. The Morgan fingerprint density at radius 2 is 1.74 bits per heavy atom. The van der Waals surface area contributed by atoms with E-state index in [1.807, 2.05) is 18.2 Å². The molecule has 176 valence electrons. The number of halogens is 3. The van der Waals surface area contributed by atoms with Crippen LogP contribution in [0.1, 0.15) is 28.4 Å². The number of fused-ring (bicyclic) bond motifs is 1. The molecule has 0 bridgehead atoms. The highest BCUT2D eigenvalue weighted by Crippen LogP contribution is 2.39. The average molecular weight is 487 g/mol. The molecule has 3 aromatic carbocycles. The zero-order valence-electron chi connectivity index (χ0n) is 18.1. The van der Waals surface area contributed by atoms with Crippen LogP contribution in [0.15, 0.2) is 76.5 Å². The zero-order chi connectivity index (χ0) is 24.3.